The van der Waals surface area contributed by atoms with Crippen LogP contribution in [0.4, 0.5) is 11.4 Å². The van der Waals surface area contributed by atoms with Crippen molar-refractivity contribution in [3.05, 3.63) is 54.1 Å². The Hall–Kier alpha value is -3.02. The van der Waals surface area contributed by atoms with E-state index in [4.69, 9.17) is 4.74 Å². The Bertz CT molecular complexity index is 797. The molecule has 1 aliphatic heterocycles. The molecule has 0 bridgehead atoms. The molecule has 2 aromatic rings. The van der Waals surface area contributed by atoms with Crippen LogP contribution in [0.15, 0.2) is 48.5 Å². The van der Waals surface area contributed by atoms with Gasteiger partial charge in [-0.2, -0.15) is 0 Å². The molecule has 2 aromatic carbocycles. The summed E-state index contributed by atoms with van der Waals surface area (Å²) in [6.07, 6.45) is 4.19. The van der Waals surface area contributed by atoms with Crippen molar-refractivity contribution in [2.45, 2.75) is 32.6 Å². The lowest BCUT2D eigenvalue weighted by atomic mass is 10.1. The van der Waals surface area contributed by atoms with E-state index >= 15 is 0 Å². The number of hydrogen-bond acceptors (Lipinski definition) is 4. The molecule has 1 heterocycles. The molecule has 154 valence electrons. The Labute approximate surface area is 172 Å². The zero-order valence-corrected chi connectivity index (χ0v) is 16.9. The third-order valence-electron chi connectivity index (χ3n) is 4.96. The molecular weight excluding hydrogens is 366 g/mol. The van der Waals surface area contributed by atoms with Crippen molar-refractivity contribution in [1.82, 2.24) is 5.32 Å². The van der Waals surface area contributed by atoms with Crippen molar-refractivity contribution in [2.24, 2.45) is 0 Å². The molecule has 1 fully saturated rings. The summed E-state index contributed by atoms with van der Waals surface area (Å²) >= 11 is 0. The van der Waals surface area contributed by atoms with Crippen molar-refractivity contribution in [2.75, 3.05) is 36.5 Å². The van der Waals surface area contributed by atoms with Crippen LogP contribution in [0.5, 0.6) is 5.75 Å². The van der Waals surface area contributed by atoms with Gasteiger partial charge in [0.25, 0.3) is 0 Å². The molecule has 0 saturated carbocycles. The van der Waals surface area contributed by atoms with E-state index in [1.165, 1.54) is 24.1 Å². The summed E-state index contributed by atoms with van der Waals surface area (Å²) in [7, 11) is 0. The first-order chi connectivity index (χ1) is 14.2. The van der Waals surface area contributed by atoms with Crippen molar-refractivity contribution < 1.29 is 14.3 Å². The van der Waals surface area contributed by atoms with Crippen LogP contribution >= 0.6 is 0 Å². The molecule has 2 amide bonds. The molecule has 2 N–H and O–H groups in total. The van der Waals surface area contributed by atoms with Crippen LogP contribution < -0.4 is 20.3 Å². The Morgan fingerprint density at radius 3 is 2.31 bits per heavy atom. The fraction of sp³-hybridized carbons (Fsp3) is 0.391. The predicted molar refractivity (Wildman–Crippen MR) is 115 cm³/mol. The van der Waals surface area contributed by atoms with E-state index in [2.05, 4.69) is 39.8 Å². The Morgan fingerprint density at radius 2 is 1.66 bits per heavy atom. The minimum Gasteiger partial charge on any atom is -0.494 e. The van der Waals surface area contributed by atoms with Crippen molar-refractivity contribution in [3.8, 4) is 5.75 Å². The predicted octanol–water partition coefficient (Wildman–Crippen LogP) is 3.37. The van der Waals surface area contributed by atoms with Crippen LogP contribution in [-0.2, 0) is 16.0 Å². The molecule has 0 spiro atoms. The van der Waals surface area contributed by atoms with Crippen LogP contribution in [0.3, 0.4) is 0 Å². The quantitative estimate of drug-likeness (QED) is 0.531. The lowest BCUT2D eigenvalue weighted by Gasteiger charge is -2.17. The molecule has 29 heavy (non-hydrogen) atoms. The highest BCUT2D eigenvalue weighted by molar-refractivity contribution is 6.39. The van der Waals surface area contributed by atoms with Gasteiger partial charge in [-0.15, -0.1) is 0 Å². The molecule has 0 radical (unpaired) electrons. The summed E-state index contributed by atoms with van der Waals surface area (Å²) in [5.74, 6) is -0.559. The summed E-state index contributed by atoms with van der Waals surface area (Å²) in [4.78, 5) is 26.4. The van der Waals surface area contributed by atoms with Crippen LogP contribution in [-0.4, -0.2) is 38.1 Å². The van der Waals surface area contributed by atoms with E-state index in [0.29, 0.717) is 18.8 Å². The van der Waals surface area contributed by atoms with Crippen molar-refractivity contribution in [3.63, 3.8) is 0 Å². The first-order valence-electron chi connectivity index (χ1n) is 10.3. The highest BCUT2D eigenvalue weighted by Gasteiger charge is 2.13. The number of amides is 2. The van der Waals surface area contributed by atoms with Crippen LogP contribution in [0, 0.1) is 0 Å². The number of benzene rings is 2. The Morgan fingerprint density at radius 1 is 0.966 bits per heavy atom. The van der Waals surface area contributed by atoms with Gasteiger partial charge in [-0.1, -0.05) is 12.1 Å². The molecule has 0 unspecified atom stereocenters. The highest BCUT2D eigenvalue weighted by atomic mass is 16.5. The Kier molecular flexibility index (Phi) is 7.50. The maximum atomic E-state index is 12.0. The van der Waals surface area contributed by atoms with Crippen LogP contribution in [0.2, 0.25) is 0 Å². The number of carbonyl (C=O) groups excluding carboxylic acids is 2. The minimum absolute atomic E-state index is 0.462. The fourth-order valence-corrected chi connectivity index (χ4v) is 3.41. The lowest BCUT2D eigenvalue weighted by Crippen LogP contribution is -2.36. The molecule has 6 heteroatoms. The average Bonchev–Trinajstić information content (AvgIpc) is 3.28. The molecule has 0 aliphatic carbocycles. The second-order valence-corrected chi connectivity index (χ2v) is 7.13. The SMILES string of the molecule is CCOc1ccc(NC(=O)C(=O)NCCCc2ccc(N3CCCC3)cc2)cc1. The van der Waals surface area contributed by atoms with Gasteiger partial charge in [0.1, 0.15) is 5.75 Å². The van der Waals surface area contributed by atoms with Crippen LogP contribution in [0.1, 0.15) is 31.7 Å². The molecule has 1 aliphatic rings. The standard InChI is InChI=1S/C23H29N3O3/c1-2-29-21-13-9-19(10-14-21)25-23(28)22(27)24-15-5-6-18-7-11-20(12-8-18)26-16-3-4-17-26/h7-14H,2-6,15-17H2,1H3,(H,24,27)(H,25,28). The van der Waals surface area contributed by atoms with Crippen molar-refractivity contribution in [1.29, 1.82) is 0 Å². The van der Waals surface area contributed by atoms with Gasteiger partial charge in [-0.3, -0.25) is 9.59 Å². The summed E-state index contributed by atoms with van der Waals surface area (Å²) < 4.78 is 5.35. The molecule has 1 saturated heterocycles. The van der Waals surface area contributed by atoms with E-state index in [1.54, 1.807) is 24.3 Å². The first-order valence-corrected chi connectivity index (χ1v) is 10.3. The van der Waals surface area contributed by atoms with Crippen LogP contribution in [0.25, 0.3) is 0 Å². The third-order valence-corrected chi connectivity index (χ3v) is 4.96. The maximum Gasteiger partial charge on any atom is 0.313 e. The van der Waals surface area contributed by atoms with Gasteiger partial charge in [0.2, 0.25) is 0 Å². The third kappa shape index (κ3) is 6.24. The zero-order valence-electron chi connectivity index (χ0n) is 16.9. The molecule has 0 aromatic heterocycles. The van der Waals surface area contributed by atoms with E-state index in [1.807, 2.05) is 6.92 Å². The zero-order chi connectivity index (χ0) is 20.5. The van der Waals surface area contributed by atoms with Gasteiger partial charge in [0, 0.05) is 31.0 Å². The number of anilines is 2. The van der Waals surface area contributed by atoms with Gasteiger partial charge in [-0.25, -0.2) is 0 Å². The average molecular weight is 396 g/mol. The number of ether oxygens (including phenoxy) is 1. The highest BCUT2D eigenvalue weighted by Crippen LogP contribution is 2.20. The molecule has 0 atom stereocenters. The minimum atomic E-state index is -0.663. The molecular formula is C23H29N3O3. The van der Waals surface area contributed by atoms with E-state index in [9.17, 15) is 9.59 Å². The Balaban J connectivity index is 1.36. The topological polar surface area (TPSA) is 70.7 Å². The number of hydrogen-bond donors (Lipinski definition) is 2. The number of rotatable bonds is 8. The van der Waals surface area contributed by atoms with Crippen molar-refractivity contribution >= 4 is 23.2 Å². The second-order valence-electron chi connectivity index (χ2n) is 7.13. The van der Waals surface area contributed by atoms with Gasteiger partial charge in [0.15, 0.2) is 0 Å². The number of carbonyl (C=O) groups is 2. The van der Waals surface area contributed by atoms with Gasteiger partial charge >= 0.3 is 11.8 Å². The summed E-state index contributed by atoms with van der Waals surface area (Å²) in [5, 5.41) is 5.27. The van der Waals surface area contributed by atoms with Gasteiger partial charge < -0.3 is 20.3 Å². The normalized spacial score (nSPS) is 13.2. The van der Waals surface area contributed by atoms with E-state index < -0.39 is 11.8 Å². The van der Waals surface area contributed by atoms with E-state index in [-0.39, 0.29) is 0 Å². The summed E-state index contributed by atoms with van der Waals surface area (Å²) in [6.45, 7) is 5.23. The number of nitrogens with zero attached hydrogens (tertiary/aromatic N) is 1. The number of nitrogens with one attached hydrogen (secondary N) is 2. The monoisotopic (exact) mass is 395 g/mol. The van der Waals surface area contributed by atoms with Gasteiger partial charge in [-0.05, 0) is 74.6 Å². The number of aryl methyl sites for hydroxylation is 1. The van der Waals surface area contributed by atoms with E-state index in [0.717, 1.165) is 31.7 Å². The fourth-order valence-electron chi connectivity index (χ4n) is 3.41. The summed E-state index contributed by atoms with van der Waals surface area (Å²) in [6, 6.07) is 15.6. The summed E-state index contributed by atoms with van der Waals surface area (Å²) in [5.41, 5.74) is 3.08. The maximum absolute atomic E-state index is 12.0. The molecule has 3 rings (SSSR count). The smallest absolute Gasteiger partial charge is 0.313 e. The van der Waals surface area contributed by atoms with Gasteiger partial charge in [0.05, 0.1) is 6.61 Å². The molecule has 6 nitrogen and oxygen atoms in total. The lowest BCUT2D eigenvalue weighted by molar-refractivity contribution is -0.136. The first kappa shape index (κ1) is 20.7. The largest absolute Gasteiger partial charge is 0.494 e. The second kappa shape index (κ2) is 10.5.